The molecule has 0 aliphatic heterocycles. The van der Waals surface area contributed by atoms with Gasteiger partial charge >= 0.3 is 5.97 Å². The van der Waals surface area contributed by atoms with E-state index in [9.17, 15) is 4.79 Å². The number of thiophene rings is 1. The second-order valence-corrected chi connectivity index (χ2v) is 7.81. The number of aryl methyl sites for hydroxylation is 1. The monoisotopic (exact) mass is 412 g/mol. The van der Waals surface area contributed by atoms with Crippen LogP contribution in [0.15, 0.2) is 52.5 Å². The van der Waals surface area contributed by atoms with E-state index in [0.29, 0.717) is 22.2 Å². The van der Waals surface area contributed by atoms with Gasteiger partial charge in [0.1, 0.15) is 34.2 Å². The van der Waals surface area contributed by atoms with Crippen molar-refractivity contribution >= 4 is 28.6 Å². The number of carbonyl (C=O) groups excluding carboxylic acids is 1. The van der Waals surface area contributed by atoms with Gasteiger partial charge in [-0.05, 0) is 42.6 Å². The molecule has 0 amide bonds. The molecule has 6 nitrogen and oxygen atoms in total. The van der Waals surface area contributed by atoms with Crippen molar-refractivity contribution in [2.24, 2.45) is 0 Å². The predicted molar refractivity (Wildman–Crippen MR) is 108 cm³/mol. The van der Waals surface area contributed by atoms with Crippen molar-refractivity contribution in [1.82, 2.24) is 9.97 Å². The zero-order valence-corrected chi connectivity index (χ0v) is 16.8. The van der Waals surface area contributed by atoms with Crippen molar-refractivity contribution < 1.29 is 18.7 Å². The van der Waals surface area contributed by atoms with Crippen LogP contribution in [0.25, 0.3) is 21.3 Å². The lowest BCUT2D eigenvalue weighted by atomic mass is 10.2. The Morgan fingerprint density at radius 3 is 2.71 bits per heavy atom. The number of benzene rings is 1. The van der Waals surface area contributed by atoms with Crippen LogP contribution in [0.1, 0.15) is 21.1 Å². The van der Waals surface area contributed by atoms with Crippen LogP contribution < -0.4 is 4.74 Å². The minimum atomic E-state index is -0.421. The Morgan fingerprint density at radius 1 is 1.18 bits per heavy atom. The molecule has 4 aromatic rings. The van der Waals surface area contributed by atoms with Crippen molar-refractivity contribution in [3.63, 3.8) is 0 Å². The summed E-state index contributed by atoms with van der Waals surface area (Å²) in [5, 5.41) is 2.71. The van der Waals surface area contributed by atoms with Crippen molar-refractivity contribution in [3.8, 4) is 27.1 Å². The first kappa shape index (κ1) is 18.4. The second-order valence-electron chi connectivity index (χ2n) is 5.86. The highest BCUT2D eigenvalue weighted by atomic mass is 32.1. The number of hydrogen-bond donors (Lipinski definition) is 0. The first-order valence-corrected chi connectivity index (χ1v) is 10.1. The molecular formula is C20H16N2O4S2. The van der Waals surface area contributed by atoms with Gasteiger partial charge in [-0.3, -0.25) is 0 Å². The number of esters is 1. The largest absolute Gasteiger partial charge is 0.497 e. The maximum atomic E-state index is 12.5. The fourth-order valence-corrected chi connectivity index (χ4v) is 4.16. The summed E-state index contributed by atoms with van der Waals surface area (Å²) in [5.41, 5.74) is 2.12. The standard InChI is InChI=1S/C20H16N2O4S2/c1-12-17(28-19(21-12)13-5-7-15(24-2)8-6-13)20(23)26-11-14-10-25-18(22-14)16-4-3-9-27-16/h3-10H,11H2,1-2H3. The number of carbonyl (C=O) groups is 1. The molecule has 142 valence electrons. The van der Waals surface area contributed by atoms with Crippen LogP contribution in [-0.4, -0.2) is 23.0 Å². The Kier molecular flexibility index (Phi) is 5.23. The highest BCUT2D eigenvalue weighted by Gasteiger charge is 2.18. The lowest BCUT2D eigenvalue weighted by Crippen LogP contribution is -2.05. The van der Waals surface area contributed by atoms with E-state index in [1.807, 2.05) is 41.8 Å². The first-order chi connectivity index (χ1) is 13.6. The number of oxazole rings is 1. The van der Waals surface area contributed by atoms with Crippen LogP contribution in [0.2, 0.25) is 0 Å². The average Bonchev–Trinajstić information content (AvgIpc) is 3.46. The van der Waals surface area contributed by atoms with Gasteiger partial charge in [-0.15, -0.1) is 22.7 Å². The molecule has 0 aliphatic rings. The summed E-state index contributed by atoms with van der Waals surface area (Å²) in [6, 6.07) is 11.4. The van der Waals surface area contributed by atoms with Gasteiger partial charge in [0, 0.05) is 5.56 Å². The molecule has 0 aliphatic carbocycles. The molecule has 0 saturated carbocycles. The summed E-state index contributed by atoms with van der Waals surface area (Å²) >= 11 is 2.84. The third-order valence-corrected chi connectivity index (χ3v) is 6.00. The molecule has 0 fully saturated rings. The van der Waals surface area contributed by atoms with Gasteiger partial charge in [-0.25, -0.2) is 14.8 Å². The van der Waals surface area contributed by atoms with Crippen molar-refractivity contribution in [2.45, 2.75) is 13.5 Å². The Morgan fingerprint density at radius 2 is 2.00 bits per heavy atom. The van der Waals surface area contributed by atoms with Crippen molar-refractivity contribution in [2.75, 3.05) is 7.11 Å². The first-order valence-electron chi connectivity index (χ1n) is 8.41. The molecule has 0 atom stereocenters. The number of rotatable bonds is 6. The number of ether oxygens (including phenoxy) is 2. The molecule has 0 unspecified atom stereocenters. The lowest BCUT2D eigenvalue weighted by molar-refractivity contribution is 0.0472. The highest BCUT2D eigenvalue weighted by molar-refractivity contribution is 7.17. The zero-order chi connectivity index (χ0) is 19.5. The summed E-state index contributed by atoms with van der Waals surface area (Å²) < 4.78 is 16.0. The van der Waals surface area contributed by atoms with Crippen molar-refractivity contribution in [3.05, 3.63) is 64.3 Å². The number of methoxy groups -OCH3 is 1. The molecule has 28 heavy (non-hydrogen) atoms. The number of nitrogens with zero attached hydrogens (tertiary/aromatic N) is 2. The third-order valence-electron chi connectivity index (χ3n) is 3.95. The quantitative estimate of drug-likeness (QED) is 0.405. The fraction of sp³-hybridized carbons (Fsp3) is 0.150. The molecule has 4 rings (SSSR count). The summed E-state index contributed by atoms with van der Waals surface area (Å²) in [6.45, 7) is 1.84. The van der Waals surface area contributed by atoms with Gasteiger partial charge < -0.3 is 13.9 Å². The Bertz CT molecular complexity index is 1080. The molecule has 0 N–H and O–H groups in total. The van der Waals surface area contributed by atoms with Gasteiger partial charge in [-0.2, -0.15) is 0 Å². The number of hydrogen-bond acceptors (Lipinski definition) is 8. The second kappa shape index (κ2) is 7.95. The van der Waals surface area contributed by atoms with Crippen LogP contribution in [0.4, 0.5) is 0 Å². The third kappa shape index (κ3) is 3.83. The predicted octanol–water partition coefficient (Wildman–Crippen LogP) is 5.20. The summed E-state index contributed by atoms with van der Waals surface area (Å²) in [4.78, 5) is 22.7. The van der Waals surface area contributed by atoms with E-state index in [0.717, 1.165) is 21.2 Å². The maximum Gasteiger partial charge on any atom is 0.350 e. The van der Waals surface area contributed by atoms with Crippen LogP contribution in [0, 0.1) is 6.92 Å². The maximum absolute atomic E-state index is 12.5. The zero-order valence-electron chi connectivity index (χ0n) is 15.2. The molecule has 3 aromatic heterocycles. The molecule has 1 aromatic carbocycles. The van der Waals surface area contributed by atoms with Crippen LogP contribution in [0.5, 0.6) is 5.75 Å². The lowest BCUT2D eigenvalue weighted by Gasteiger charge is -2.00. The van der Waals surface area contributed by atoms with Gasteiger partial charge in [0.25, 0.3) is 0 Å². The molecule has 8 heteroatoms. The SMILES string of the molecule is COc1ccc(-c2nc(C)c(C(=O)OCc3coc(-c4cccs4)n3)s2)cc1. The normalized spacial score (nSPS) is 10.8. The smallest absolute Gasteiger partial charge is 0.350 e. The van der Waals surface area contributed by atoms with E-state index in [1.165, 1.54) is 28.9 Å². The molecule has 0 radical (unpaired) electrons. The Labute approximate surface area is 169 Å². The summed E-state index contributed by atoms with van der Waals surface area (Å²) in [6.07, 6.45) is 1.50. The highest BCUT2D eigenvalue weighted by Crippen LogP contribution is 2.30. The van der Waals surface area contributed by atoms with Crippen molar-refractivity contribution in [1.29, 1.82) is 0 Å². The topological polar surface area (TPSA) is 74.5 Å². The van der Waals surface area contributed by atoms with E-state index < -0.39 is 5.97 Å². The Hall–Kier alpha value is -2.97. The van der Waals surface area contributed by atoms with E-state index in [-0.39, 0.29) is 6.61 Å². The average molecular weight is 412 g/mol. The molecular weight excluding hydrogens is 396 g/mol. The molecule has 0 saturated heterocycles. The molecule has 3 heterocycles. The van der Waals surface area contributed by atoms with E-state index in [1.54, 1.807) is 14.0 Å². The minimum Gasteiger partial charge on any atom is -0.497 e. The number of aromatic nitrogens is 2. The van der Waals surface area contributed by atoms with E-state index in [4.69, 9.17) is 13.9 Å². The minimum absolute atomic E-state index is 0.0446. The van der Waals surface area contributed by atoms with Crippen LogP contribution in [-0.2, 0) is 11.3 Å². The van der Waals surface area contributed by atoms with Gasteiger partial charge in [-0.1, -0.05) is 6.07 Å². The van der Waals surface area contributed by atoms with Crippen LogP contribution in [0.3, 0.4) is 0 Å². The molecule has 0 bridgehead atoms. The fourth-order valence-electron chi connectivity index (χ4n) is 2.53. The van der Waals surface area contributed by atoms with Gasteiger partial charge in [0.15, 0.2) is 0 Å². The van der Waals surface area contributed by atoms with E-state index >= 15 is 0 Å². The van der Waals surface area contributed by atoms with Gasteiger partial charge in [0.2, 0.25) is 5.89 Å². The van der Waals surface area contributed by atoms with Crippen LogP contribution >= 0.6 is 22.7 Å². The molecule has 0 spiro atoms. The Balaban J connectivity index is 1.44. The van der Waals surface area contributed by atoms with E-state index in [2.05, 4.69) is 9.97 Å². The summed E-state index contributed by atoms with van der Waals surface area (Å²) in [7, 11) is 1.62. The summed E-state index contributed by atoms with van der Waals surface area (Å²) in [5.74, 6) is 0.874. The number of thiazole rings is 1. The van der Waals surface area contributed by atoms with Gasteiger partial charge in [0.05, 0.1) is 17.7 Å².